The van der Waals surface area contributed by atoms with Crippen molar-refractivity contribution < 1.29 is 0 Å². The number of benzene rings is 1. The van der Waals surface area contributed by atoms with Gasteiger partial charge in [0.15, 0.2) is 5.11 Å². The van der Waals surface area contributed by atoms with Gasteiger partial charge in [-0.1, -0.05) is 25.3 Å². The van der Waals surface area contributed by atoms with Crippen molar-refractivity contribution in [2.45, 2.75) is 45.1 Å². The van der Waals surface area contributed by atoms with Crippen LogP contribution in [0.15, 0.2) is 22.7 Å². The second-order valence-electron chi connectivity index (χ2n) is 4.92. The topological polar surface area (TPSA) is 24.1 Å². The number of aryl methyl sites for hydroxylation is 1. The number of anilines is 1. The van der Waals surface area contributed by atoms with Gasteiger partial charge in [-0.2, -0.15) is 0 Å². The Morgan fingerprint density at radius 3 is 2.72 bits per heavy atom. The fourth-order valence-corrected chi connectivity index (χ4v) is 2.95. The average molecular weight is 327 g/mol. The van der Waals surface area contributed by atoms with E-state index in [1.807, 2.05) is 6.07 Å². The second kappa shape index (κ2) is 6.53. The molecule has 1 aromatic rings. The third kappa shape index (κ3) is 3.95. The molecule has 2 N–H and O–H groups in total. The molecule has 0 bridgehead atoms. The predicted molar refractivity (Wildman–Crippen MR) is 85.1 cm³/mol. The van der Waals surface area contributed by atoms with Crippen LogP contribution in [0.2, 0.25) is 0 Å². The predicted octanol–water partition coefficient (Wildman–Crippen LogP) is 4.38. The highest BCUT2D eigenvalue weighted by Gasteiger charge is 2.14. The molecule has 0 heterocycles. The summed E-state index contributed by atoms with van der Waals surface area (Å²) in [5, 5.41) is 7.42. The van der Waals surface area contributed by atoms with E-state index >= 15 is 0 Å². The summed E-state index contributed by atoms with van der Waals surface area (Å²) >= 11 is 8.91. The van der Waals surface area contributed by atoms with Crippen LogP contribution >= 0.6 is 28.1 Å². The molecule has 0 spiro atoms. The van der Waals surface area contributed by atoms with Gasteiger partial charge in [0.05, 0.1) is 5.69 Å². The molecule has 1 aliphatic rings. The van der Waals surface area contributed by atoms with E-state index in [2.05, 4.69) is 45.6 Å². The molecule has 1 aliphatic carbocycles. The summed E-state index contributed by atoms with van der Waals surface area (Å²) < 4.78 is 1.04. The second-order valence-corrected chi connectivity index (χ2v) is 6.18. The van der Waals surface area contributed by atoms with Crippen LogP contribution in [0.3, 0.4) is 0 Å². The molecule has 0 aromatic heterocycles. The van der Waals surface area contributed by atoms with E-state index in [0.29, 0.717) is 6.04 Å². The zero-order valence-corrected chi connectivity index (χ0v) is 13.0. The minimum Gasteiger partial charge on any atom is -0.360 e. The van der Waals surface area contributed by atoms with E-state index in [1.54, 1.807) is 0 Å². The fraction of sp³-hybridized carbons (Fsp3) is 0.500. The zero-order chi connectivity index (χ0) is 13.0. The summed E-state index contributed by atoms with van der Waals surface area (Å²) in [6.45, 7) is 2.08. The smallest absolute Gasteiger partial charge is 0.171 e. The molecule has 2 nitrogen and oxygen atoms in total. The minimum atomic E-state index is 0.544. The standard InChI is InChI=1S/C14H19BrN2S/c1-10-7-8-12(15)13(9-10)17-14(18)16-11-5-3-2-4-6-11/h7-9,11H,2-6H2,1H3,(H2,16,17,18). The fourth-order valence-electron chi connectivity index (χ4n) is 2.33. The van der Waals surface area contributed by atoms with Crippen LogP contribution in [0.5, 0.6) is 0 Å². The van der Waals surface area contributed by atoms with Crippen molar-refractivity contribution in [1.29, 1.82) is 0 Å². The van der Waals surface area contributed by atoms with Crippen LogP contribution in [0, 0.1) is 6.92 Å². The molecule has 0 unspecified atom stereocenters. The summed E-state index contributed by atoms with van der Waals surface area (Å²) in [6, 6.07) is 6.76. The maximum atomic E-state index is 5.38. The SMILES string of the molecule is Cc1ccc(Br)c(NC(=S)NC2CCCCC2)c1. The van der Waals surface area contributed by atoms with Gasteiger partial charge in [-0.3, -0.25) is 0 Å². The quantitative estimate of drug-likeness (QED) is 0.789. The van der Waals surface area contributed by atoms with Gasteiger partial charge in [0.25, 0.3) is 0 Å². The van der Waals surface area contributed by atoms with E-state index in [1.165, 1.54) is 37.7 Å². The molecule has 1 saturated carbocycles. The van der Waals surface area contributed by atoms with E-state index in [0.717, 1.165) is 15.3 Å². The van der Waals surface area contributed by atoms with Gasteiger partial charge in [-0.15, -0.1) is 0 Å². The monoisotopic (exact) mass is 326 g/mol. The molecule has 98 valence electrons. The van der Waals surface area contributed by atoms with Gasteiger partial charge in [-0.05, 0) is 65.6 Å². The van der Waals surface area contributed by atoms with Crippen molar-refractivity contribution in [3.05, 3.63) is 28.2 Å². The van der Waals surface area contributed by atoms with Crippen molar-refractivity contribution in [1.82, 2.24) is 5.32 Å². The summed E-state index contributed by atoms with van der Waals surface area (Å²) in [6.07, 6.45) is 6.46. The highest BCUT2D eigenvalue weighted by molar-refractivity contribution is 9.10. The summed E-state index contributed by atoms with van der Waals surface area (Å²) in [5.74, 6) is 0. The molecule has 0 aliphatic heterocycles. The first-order chi connectivity index (χ1) is 8.65. The lowest BCUT2D eigenvalue weighted by Gasteiger charge is -2.24. The lowest BCUT2D eigenvalue weighted by atomic mass is 9.96. The molecular weight excluding hydrogens is 308 g/mol. The Balaban J connectivity index is 1.92. The molecule has 18 heavy (non-hydrogen) atoms. The summed E-state index contributed by atoms with van der Waals surface area (Å²) in [7, 11) is 0. The van der Waals surface area contributed by atoms with Gasteiger partial charge in [-0.25, -0.2) is 0 Å². The molecule has 1 aromatic carbocycles. The molecule has 0 amide bonds. The van der Waals surface area contributed by atoms with Crippen LogP contribution in [-0.2, 0) is 0 Å². The lowest BCUT2D eigenvalue weighted by Crippen LogP contribution is -2.38. The van der Waals surface area contributed by atoms with E-state index < -0.39 is 0 Å². The molecule has 2 rings (SSSR count). The Labute approximate surface area is 123 Å². The molecule has 1 fully saturated rings. The van der Waals surface area contributed by atoms with Gasteiger partial charge >= 0.3 is 0 Å². The first kappa shape index (κ1) is 13.8. The summed E-state index contributed by atoms with van der Waals surface area (Å²) in [4.78, 5) is 0. The first-order valence-electron chi connectivity index (χ1n) is 6.49. The first-order valence-corrected chi connectivity index (χ1v) is 7.69. The number of hydrogen-bond acceptors (Lipinski definition) is 1. The van der Waals surface area contributed by atoms with E-state index in [4.69, 9.17) is 12.2 Å². The van der Waals surface area contributed by atoms with Crippen molar-refractivity contribution >= 4 is 38.9 Å². The van der Waals surface area contributed by atoms with Crippen molar-refractivity contribution in [2.75, 3.05) is 5.32 Å². The van der Waals surface area contributed by atoms with E-state index in [-0.39, 0.29) is 0 Å². The Bertz CT molecular complexity index is 428. The maximum absolute atomic E-state index is 5.38. The summed E-state index contributed by atoms with van der Waals surface area (Å²) in [5.41, 5.74) is 2.25. The minimum absolute atomic E-state index is 0.544. The lowest BCUT2D eigenvalue weighted by molar-refractivity contribution is 0.415. The number of hydrogen-bond donors (Lipinski definition) is 2. The van der Waals surface area contributed by atoms with Gasteiger partial charge in [0.2, 0.25) is 0 Å². The van der Waals surface area contributed by atoms with Crippen molar-refractivity contribution in [3.63, 3.8) is 0 Å². The normalized spacial score (nSPS) is 16.3. The largest absolute Gasteiger partial charge is 0.360 e. The molecular formula is C14H19BrN2S. The van der Waals surface area contributed by atoms with Gasteiger partial charge < -0.3 is 10.6 Å². The number of thiocarbonyl (C=S) groups is 1. The van der Waals surface area contributed by atoms with Crippen LogP contribution in [0.25, 0.3) is 0 Å². The number of nitrogens with one attached hydrogen (secondary N) is 2. The van der Waals surface area contributed by atoms with E-state index in [9.17, 15) is 0 Å². The van der Waals surface area contributed by atoms with Gasteiger partial charge in [0.1, 0.15) is 0 Å². The Hall–Kier alpha value is -0.610. The Morgan fingerprint density at radius 2 is 2.00 bits per heavy atom. The third-order valence-electron chi connectivity index (χ3n) is 3.31. The number of rotatable bonds is 2. The highest BCUT2D eigenvalue weighted by Crippen LogP contribution is 2.23. The molecule has 0 radical (unpaired) electrons. The van der Waals surface area contributed by atoms with Crippen molar-refractivity contribution in [2.24, 2.45) is 0 Å². The highest BCUT2D eigenvalue weighted by atomic mass is 79.9. The maximum Gasteiger partial charge on any atom is 0.171 e. The van der Waals surface area contributed by atoms with Crippen LogP contribution in [-0.4, -0.2) is 11.2 Å². The Kier molecular flexibility index (Phi) is 5.01. The molecule has 4 heteroatoms. The average Bonchev–Trinajstić information content (AvgIpc) is 2.35. The molecule has 0 atom stereocenters. The Morgan fingerprint density at radius 1 is 1.28 bits per heavy atom. The van der Waals surface area contributed by atoms with Crippen molar-refractivity contribution in [3.8, 4) is 0 Å². The zero-order valence-electron chi connectivity index (χ0n) is 10.6. The van der Waals surface area contributed by atoms with Crippen LogP contribution in [0.4, 0.5) is 5.69 Å². The molecule has 0 saturated heterocycles. The number of halogens is 1. The van der Waals surface area contributed by atoms with Crippen LogP contribution in [0.1, 0.15) is 37.7 Å². The third-order valence-corrected chi connectivity index (χ3v) is 4.22. The van der Waals surface area contributed by atoms with Crippen LogP contribution < -0.4 is 10.6 Å². The van der Waals surface area contributed by atoms with Gasteiger partial charge in [0, 0.05) is 10.5 Å².